The second-order valence-corrected chi connectivity index (χ2v) is 6.13. The van der Waals surface area contributed by atoms with Crippen LogP contribution >= 0.6 is 12.6 Å². The minimum Gasteiger partial charge on any atom is -0.478 e. The average molecular weight is 303 g/mol. The summed E-state index contributed by atoms with van der Waals surface area (Å²) >= 11 is 4.35. The maximum absolute atomic E-state index is 12.4. The first kappa shape index (κ1) is 14.2. The van der Waals surface area contributed by atoms with Crippen LogP contribution in [0.5, 0.6) is 0 Å². The van der Waals surface area contributed by atoms with Crippen LogP contribution in [0.15, 0.2) is 40.3 Å². The molecule has 2 aliphatic carbocycles. The second kappa shape index (κ2) is 5.56. The Balaban J connectivity index is 1.76. The summed E-state index contributed by atoms with van der Waals surface area (Å²) in [6, 6.07) is 7.54. The van der Waals surface area contributed by atoms with Crippen molar-refractivity contribution in [3.8, 4) is 0 Å². The van der Waals surface area contributed by atoms with Gasteiger partial charge in [-0.2, -0.15) is 0 Å². The van der Waals surface area contributed by atoms with E-state index in [9.17, 15) is 14.7 Å². The summed E-state index contributed by atoms with van der Waals surface area (Å²) in [5.74, 6) is -1.00. The molecule has 0 radical (unpaired) electrons. The number of aliphatic carboxylic acids is 1. The Bertz CT molecular complexity index is 638. The van der Waals surface area contributed by atoms with Crippen molar-refractivity contribution in [1.82, 2.24) is 5.32 Å². The van der Waals surface area contributed by atoms with E-state index in [2.05, 4.69) is 17.9 Å². The van der Waals surface area contributed by atoms with E-state index >= 15 is 0 Å². The number of hydrogen-bond acceptors (Lipinski definition) is 3. The molecular formula is C16H17NO3S. The summed E-state index contributed by atoms with van der Waals surface area (Å²) in [5, 5.41) is 12.2. The number of benzene rings is 1. The highest BCUT2D eigenvalue weighted by atomic mass is 32.1. The Hall–Kier alpha value is -1.75. The topological polar surface area (TPSA) is 66.4 Å². The number of carboxylic acids is 1. The molecule has 0 spiro atoms. The van der Waals surface area contributed by atoms with Gasteiger partial charge in [0.2, 0.25) is 5.91 Å². The molecule has 0 aromatic heterocycles. The number of carboxylic acid groups (broad SMARTS) is 1. The van der Waals surface area contributed by atoms with Gasteiger partial charge in [-0.15, -0.1) is 12.6 Å². The molecule has 5 heteroatoms. The molecule has 2 atom stereocenters. The highest BCUT2D eigenvalue weighted by molar-refractivity contribution is 7.80. The van der Waals surface area contributed by atoms with Gasteiger partial charge in [0.25, 0.3) is 0 Å². The zero-order valence-electron chi connectivity index (χ0n) is 11.5. The van der Waals surface area contributed by atoms with Gasteiger partial charge in [0.15, 0.2) is 0 Å². The van der Waals surface area contributed by atoms with E-state index in [1.54, 1.807) is 0 Å². The molecule has 0 saturated heterocycles. The first-order valence-corrected chi connectivity index (χ1v) is 7.55. The SMILES string of the molecule is O=C(O)C1=C(C(=O)NCc2ccccc2S)C2CCC1C2. The number of hydrogen-bond donors (Lipinski definition) is 3. The maximum Gasteiger partial charge on any atom is 0.332 e. The predicted molar refractivity (Wildman–Crippen MR) is 81.0 cm³/mol. The zero-order valence-corrected chi connectivity index (χ0v) is 12.4. The van der Waals surface area contributed by atoms with E-state index in [4.69, 9.17) is 0 Å². The minimum atomic E-state index is -0.943. The number of carbonyl (C=O) groups excluding carboxylic acids is 1. The van der Waals surface area contributed by atoms with E-state index < -0.39 is 5.97 Å². The van der Waals surface area contributed by atoms with Crippen LogP contribution in [0.25, 0.3) is 0 Å². The van der Waals surface area contributed by atoms with Gasteiger partial charge in [-0.05, 0) is 42.7 Å². The lowest BCUT2D eigenvalue weighted by atomic mass is 9.91. The molecule has 2 aliphatic rings. The highest BCUT2D eigenvalue weighted by Gasteiger charge is 2.44. The molecule has 110 valence electrons. The Morgan fingerprint density at radius 3 is 2.52 bits per heavy atom. The molecular weight excluding hydrogens is 286 g/mol. The van der Waals surface area contributed by atoms with Crippen molar-refractivity contribution in [2.45, 2.75) is 30.7 Å². The maximum atomic E-state index is 12.4. The van der Waals surface area contributed by atoms with Gasteiger partial charge < -0.3 is 10.4 Å². The van der Waals surface area contributed by atoms with Crippen molar-refractivity contribution >= 4 is 24.5 Å². The molecule has 2 unspecified atom stereocenters. The van der Waals surface area contributed by atoms with Crippen molar-refractivity contribution in [3.05, 3.63) is 41.0 Å². The van der Waals surface area contributed by atoms with Gasteiger partial charge in [0, 0.05) is 22.6 Å². The molecule has 0 heterocycles. The lowest BCUT2D eigenvalue weighted by Crippen LogP contribution is -2.29. The molecule has 2 N–H and O–H groups in total. The molecule has 1 aromatic rings. The minimum absolute atomic E-state index is 0.0606. The van der Waals surface area contributed by atoms with Crippen molar-refractivity contribution in [2.24, 2.45) is 11.8 Å². The molecule has 1 saturated carbocycles. The van der Waals surface area contributed by atoms with Gasteiger partial charge >= 0.3 is 5.97 Å². The van der Waals surface area contributed by atoms with Crippen LogP contribution < -0.4 is 5.32 Å². The smallest absolute Gasteiger partial charge is 0.332 e. The Kier molecular flexibility index (Phi) is 3.76. The van der Waals surface area contributed by atoms with E-state index in [1.165, 1.54) is 0 Å². The van der Waals surface area contributed by atoms with Crippen LogP contribution in [0.4, 0.5) is 0 Å². The van der Waals surface area contributed by atoms with Crippen molar-refractivity contribution in [2.75, 3.05) is 0 Å². The molecule has 3 rings (SSSR count). The molecule has 21 heavy (non-hydrogen) atoms. The zero-order chi connectivity index (χ0) is 15.0. The predicted octanol–water partition coefficient (Wildman–Crippen LogP) is 2.40. The fraction of sp³-hybridized carbons (Fsp3) is 0.375. The highest BCUT2D eigenvalue weighted by Crippen LogP contribution is 2.48. The number of rotatable bonds is 4. The van der Waals surface area contributed by atoms with Crippen molar-refractivity contribution in [3.63, 3.8) is 0 Å². The summed E-state index contributed by atoms with van der Waals surface area (Å²) in [6.07, 6.45) is 2.63. The molecule has 2 bridgehead atoms. The molecule has 1 fully saturated rings. The van der Waals surface area contributed by atoms with Crippen LogP contribution in [0.3, 0.4) is 0 Å². The number of fused-ring (bicyclic) bond motifs is 2. The Morgan fingerprint density at radius 2 is 1.86 bits per heavy atom. The van der Waals surface area contributed by atoms with E-state index in [-0.39, 0.29) is 17.7 Å². The van der Waals surface area contributed by atoms with Gasteiger partial charge in [-0.3, -0.25) is 4.79 Å². The number of nitrogens with one attached hydrogen (secondary N) is 1. The Labute approximate surface area is 128 Å². The van der Waals surface area contributed by atoms with Gasteiger partial charge in [0.1, 0.15) is 0 Å². The Morgan fingerprint density at radius 1 is 1.19 bits per heavy atom. The third-order valence-electron chi connectivity index (χ3n) is 4.45. The summed E-state index contributed by atoms with van der Waals surface area (Å²) in [7, 11) is 0. The van der Waals surface area contributed by atoms with Crippen LogP contribution in [-0.2, 0) is 16.1 Å². The first-order valence-electron chi connectivity index (χ1n) is 7.10. The summed E-state index contributed by atoms with van der Waals surface area (Å²) in [5.41, 5.74) is 1.76. The summed E-state index contributed by atoms with van der Waals surface area (Å²) < 4.78 is 0. The fourth-order valence-corrected chi connectivity index (χ4v) is 3.71. The average Bonchev–Trinajstić information content (AvgIpc) is 3.06. The fourth-order valence-electron chi connectivity index (χ4n) is 3.47. The van der Waals surface area contributed by atoms with Crippen LogP contribution in [-0.4, -0.2) is 17.0 Å². The van der Waals surface area contributed by atoms with E-state index in [0.717, 1.165) is 29.7 Å². The third-order valence-corrected chi connectivity index (χ3v) is 4.88. The molecule has 4 nitrogen and oxygen atoms in total. The van der Waals surface area contributed by atoms with Gasteiger partial charge in [-0.25, -0.2) is 4.79 Å². The quantitative estimate of drug-likeness (QED) is 0.748. The summed E-state index contributed by atoms with van der Waals surface area (Å²) in [4.78, 5) is 24.6. The largest absolute Gasteiger partial charge is 0.478 e. The van der Waals surface area contributed by atoms with Crippen molar-refractivity contribution in [1.29, 1.82) is 0 Å². The molecule has 0 aliphatic heterocycles. The van der Waals surface area contributed by atoms with Crippen LogP contribution in [0, 0.1) is 11.8 Å². The number of carbonyl (C=O) groups is 2. The van der Waals surface area contributed by atoms with E-state index in [1.807, 2.05) is 24.3 Å². The van der Waals surface area contributed by atoms with Crippen LogP contribution in [0.2, 0.25) is 0 Å². The molecule has 1 amide bonds. The summed E-state index contributed by atoms with van der Waals surface area (Å²) in [6.45, 7) is 0.367. The normalized spacial score (nSPS) is 23.5. The van der Waals surface area contributed by atoms with Crippen LogP contribution in [0.1, 0.15) is 24.8 Å². The monoisotopic (exact) mass is 303 g/mol. The third kappa shape index (κ3) is 2.58. The van der Waals surface area contributed by atoms with Gasteiger partial charge in [0.05, 0.1) is 0 Å². The number of thiol groups is 1. The standard InChI is InChI=1S/C16H17NO3S/c18-15(17-8-11-3-1-2-4-12(11)21)13-9-5-6-10(7-9)14(13)16(19)20/h1-4,9-10,21H,5-8H2,(H,17,18)(H,19,20). The number of amides is 1. The first-order chi connectivity index (χ1) is 10.1. The van der Waals surface area contributed by atoms with Crippen molar-refractivity contribution < 1.29 is 14.7 Å². The lowest BCUT2D eigenvalue weighted by Gasteiger charge is -2.17. The van der Waals surface area contributed by atoms with E-state index in [0.29, 0.717) is 17.7 Å². The molecule has 1 aromatic carbocycles. The lowest BCUT2D eigenvalue weighted by molar-refractivity contribution is -0.133. The van der Waals surface area contributed by atoms with Gasteiger partial charge in [-0.1, -0.05) is 18.2 Å². The second-order valence-electron chi connectivity index (χ2n) is 5.65.